The van der Waals surface area contributed by atoms with Crippen LogP contribution < -0.4 is 15.8 Å². The lowest BCUT2D eigenvalue weighted by Crippen LogP contribution is -2.20. The van der Waals surface area contributed by atoms with Gasteiger partial charge in [-0.25, -0.2) is 0 Å². The van der Waals surface area contributed by atoms with Gasteiger partial charge in [0.1, 0.15) is 5.75 Å². The number of rotatable bonds is 4. The van der Waals surface area contributed by atoms with E-state index in [1.165, 1.54) is 12.1 Å². The van der Waals surface area contributed by atoms with E-state index in [0.29, 0.717) is 32.2 Å². The summed E-state index contributed by atoms with van der Waals surface area (Å²) in [5.74, 6) is 0.170. The first-order valence-electron chi connectivity index (χ1n) is 5.88. The molecule has 0 unspecified atom stereocenters. The third-order valence-corrected chi connectivity index (χ3v) is 3.44. The third-order valence-electron chi connectivity index (χ3n) is 2.54. The van der Waals surface area contributed by atoms with Gasteiger partial charge in [0.2, 0.25) is 0 Å². The number of hydrogen-bond acceptors (Lipinski definition) is 3. The summed E-state index contributed by atoms with van der Waals surface area (Å²) in [4.78, 5) is 11.8. The second kappa shape index (κ2) is 6.89. The molecule has 0 saturated carbocycles. The molecule has 4 nitrogen and oxygen atoms in total. The molecule has 0 fully saturated rings. The monoisotopic (exact) mass is 344 g/mol. The second-order valence-corrected chi connectivity index (χ2v) is 5.40. The largest absolute Gasteiger partial charge is 0.484 e. The Hall–Kier alpha value is -1.62. The van der Waals surface area contributed by atoms with Gasteiger partial charge < -0.3 is 15.8 Å². The molecule has 0 saturated heterocycles. The number of carbonyl (C=O) groups excluding carboxylic acids is 1. The smallest absolute Gasteiger partial charge is 0.262 e. The van der Waals surface area contributed by atoms with E-state index in [9.17, 15) is 4.79 Å². The average molecular weight is 346 g/mol. The summed E-state index contributed by atoms with van der Waals surface area (Å²) in [6.07, 6.45) is 0. The lowest BCUT2D eigenvalue weighted by Gasteiger charge is -2.10. The van der Waals surface area contributed by atoms with Gasteiger partial charge in [-0.15, -0.1) is 0 Å². The van der Waals surface area contributed by atoms with Crippen LogP contribution in [-0.4, -0.2) is 12.5 Å². The van der Waals surface area contributed by atoms with Crippen LogP contribution in [-0.2, 0) is 4.79 Å². The number of halogens is 3. The van der Waals surface area contributed by atoms with Crippen LogP contribution in [0.2, 0.25) is 15.1 Å². The molecule has 0 spiro atoms. The number of nitrogens with one attached hydrogen (secondary N) is 1. The maximum Gasteiger partial charge on any atom is 0.262 e. The molecule has 2 rings (SSSR count). The molecule has 0 aromatic heterocycles. The van der Waals surface area contributed by atoms with E-state index in [2.05, 4.69) is 5.32 Å². The lowest BCUT2D eigenvalue weighted by atomic mass is 10.3. The number of carbonyl (C=O) groups is 1. The minimum atomic E-state index is -0.368. The molecule has 0 atom stereocenters. The summed E-state index contributed by atoms with van der Waals surface area (Å²) in [6.45, 7) is -0.167. The highest BCUT2D eigenvalue weighted by Crippen LogP contribution is 2.30. The third kappa shape index (κ3) is 4.43. The highest BCUT2D eigenvalue weighted by molar-refractivity contribution is 6.37. The zero-order valence-electron chi connectivity index (χ0n) is 10.7. The van der Waals surface area contributed by atoms with E-state index < -0.39 is 0 Å². The fraction of sp³-hybridized carbons (Fsp3) is 0.0714. The maximum atomic E-state index is 11.8. The van der Waals surface area contributed by atoms with Gasteiger partial charge in [0.05, 0.1) is 21.4 Å². The van der Waals surface area contributed by atoms with E-state index in [1.807, 2.05) is 0 Å². The Kier molecular flexibility index (Phi) is 5.17. The van der Waals surface area contributed by atoms with Crippen molar-refractivity contribution in [1.29, 1.82) is 0 Å². The van der Waals surface area contributed by atoms with Crippen molar-refractivity contribution in [2.24, 2.45) is 0 Å². The fourth-order valence-corrected chi connectivity index (χ4v) is 2.03. The van der Waals surface area contributed by atoms with Crippen LogP contribution in [0.5, 0.6) is 5.75 Å². The van der Waals surface area contributed by atoms with Crippen molar-refractivity contribution >= 4 is 52.1 Å². The summed E-state index contributed by atoms with van der Waals surface area (Å²) >= 11 is 17.6. The number of hydrogen-bond donors (Lipinski definition) is 2. The second-order valence-electron chi connectivity index (χ2n) is 4.14. The highest BCUT2D eigenvalue weighted by Gasteiger charge is 2.09. The van der Waals surface area contributed by atoms with Crippen molar-refractivity contribution in [3.8, 4) is 5.75 Å². The van der Waals surface area contributed by atoms with Crippen molar-refractivity contribution in [3.63, 3.8) is 0 Å². The fourth-order valence-electron chi connectivity index (χ4n) is 1.52. The van der Waals surface area contributed by atoms with E-state index in [4.69, 9.17) is 45.3 Å². The average Bonchev–Trinajstić information content (AvgIpc) is 2.44. The quantitative estimate of drug-likeness (QED) is 0.814. The van der Waals surface area contributed by atoms with Gasteiger partial charge in [-0.2, -0.15) is 0 Å². The van der Waals surface area contributed by atoms with E-state index in [1.54, 1.807) is 24.3 Å². The van der Waals surface area contributed by atoms with Crippen LogP contribution in [0.15, 0.2) is 36.4 Å². The van der Waals surface area contributed by atoms with E-state index in [0.717, 1.165) is 0 Å². The van der Waals surface area contributed by atoms with Gasteiger partial charge in [0, 0.05) is 5.02 Å². The van der Waals surface area contributed by atoms with Crippen LogP contribution in [0.25, 0.3) is 0 Å². The van der Waals surface area contributed by atoms with Crippen LogP contribution in [0.3, 0.4) is 0 Å². The molecular formula is C14H11Cl3N2O2. The standard InChI is InChI=1S/C14H11Cl3N2O2/c15-8-1-3-9(4-2-8)21-7-14(20)19-13-6-10(16)12(18)5-11(13)17/h1-6H,7,18H2,(H,19,20). The number of benzene rings is 2. The number of nitrogens with two attached hydrogens (primary N) is 1. The molecule has 0 radical (unpaired) electrons. The van der Waals surface area contributed by atoms with Gasteiger partial charge in [0.15, 0.2) is 6.61 Å². The van der Waals surface area contributed by atoms with E-state index >= 15 is 0 Å². The van der Waals surface area contributed by atoms with Crippen molar-refractivity contribution in [3.05, 3.63) is 51.5 Å². The predicted molar refractivity (Wildman–Crippen MR) is 86.5 cm³/mol. The SMILES string of the molecule is Nc1cc(Cl)c(NC(=O)COc2ccc(Cl)cc2)cc1Cl. The zero-order chi connectivity index (χ0) is 15.4. The minimum absolute atomic E-state index is 0.167. The van der Waals surface area contributed by atoms with Gasteiger partial charge in [-0.3, -0.25) is 4.79 Å². The first-order valence-corrected chi connectivity index (χ1v) is 7.02. The van der Waals surface area contributed by atoms with Gasteiger partial charge in [-0.05, 0) is 36.4 Å². The Morgan fingerprint density at radius 2 is 1.76 bits per heavy atom. The van der Waals surface area contributed by atoms with Crippen LogP contribution in [0, 0.1) is 0 Å². The molecular weight excluding hydrogens is 335 g/mol. The van der Waals surface area contributed by atoms with Gasteiger partial charge in [-0.1, -0.05) is 34.8 Å². The molecule has 2 aromatic rings. The Labute approximate surface area is 136 Å². The van der Waals surface area contributed by atoms with Crippen LogP contribution in [0.1, 0.15) is 0 Å². The molecule has 0 aliphatic heterocycles. The lowest BCUT2D eigenvalue weighted by molar-refractivity contribution is -0.118. The zero-order valence-corrected chi connectivity index (χ0v) is 13.0. The molecule has 1 amide bonds. The minimum Gasteiger partial charge on any atom is -0.484 e. The highest BCUT2D eigenvalue weighted by atomic mass is 35.5. The Morgan fingerprint density at radius 3 is 2.43 bits per heavy atom. The molecule has 21 heavy (non-hydrogen) atoms. The summed E-state index contributed by atoms with van der Waals surface area (Å²) in [5, 5.41) is 3.81. The summed E-state index contributed by atoms with van der Waals surface area (Å²) in [7, 11) is 0. The number of ether oxygens (including phenoxy) is 1. The Morgan fingerprint density at radius 1 is 1.10 bits per heavy atom. The number of amides is 1. The summed E-state index contributed by atoms with van der Waals surface area (Å²) in [6, 6.07) is 9.64. The summed E-state index contributed by atoms with van der Waals surface area (Å²) in [5.41, 5.74) is 6.32. The topological polar surface area (TPSA) is 64.3 Å². The summed E-state index contributed by atoms with van der Waals surface area (Å²) < 4.78 is 5.32. The molecule has 7 heteroatoms. The van der Waals surface area contributed by atoms with Gasteiger partial charge in [0.25, 0.3) is 5.91 Å². The van der Waals surface area contributed by atoms with Crippen molar-refractivity contribution in [2.45, 2.75) is 0 Å². The number of nitrogen functional groups attached to an aromatic ring is 1. The van der Waals surface area contributed by atoms with Crippen molar-refractivity contribution in [1.82, 2.24) is 0 Å². The van der Waals surface area contributed by atoms with E-state index in [-0.39, 0.29) is 12.5 Å². The molecule has 0 bridgehead atoms. The van der Waals surface area contributed by atoms with Crippen LogP contribution >= 0.6 is 34.8 Å². The number of anilines is 2. The molecule has 2 aromatic carbocycles. The normalized spacial score (nSPS) is 10.2. The maximum absolute atomic E-state index is 11.8. The first kappa shape index (κ1) is 15.8. The van der Waals surface area contributed by atoms with Crippen molar-refractivity contribution in [2.75, 3.05) is 17.7 Å². The van der Waals surface area contributed by atoms with Crippen LogP contribution in [0.4, 0.5) is 11.4 Å². The molecule has 0 aliphatic carbocycles. The molecule has 0 aliphatic rings. The Balaban J connectivity index is 1.96. The molecule has 0 heterocycles. The van der Waals surface area contributed by atoms with Crippen molar-refractivity contribution < 1.29 is 9.53 Å². The molecule has 110 valence electrons. The van der Waals surface area contributed by atoms with Gasteiger partial charge >= 0.3 is 0 Å². The molecule has 3 N–H and O–H groups in total. The Bertz CT molecular complexity index is 660. The predicted octanol–water partition coefficient (Wildman–Crippen LogP) is 4.25. The first-order chi connectivity index (χ1) is 9.95.